The van der Waals surface area contributed by atoms with Crippen LogP contribution in [0.4, 0.5) is 0 Å². The summed E-state index contributed by atoms with van der Waals surface area (Å²) in [5.41, 5.74) is 7.21. The van der Waals surface area contributed by atoms with Crippen LogP contribution in [0.15, 0.2) is 40.7 Å². The van der Waals surface area contributed by atoms with E-state index in [4.69, 9.17) is 0 Å². The lowest BCUT2D eigenvalue weighted by Crippen LogP contribution is -2.48. The van der Waals surface area contributed by atoms with Crippen LogP contribution in [0.3, 0.4) is 0 Å². The Labute approximate surface area is 171 Å². The first-order chi connectivity index (χ1) is 13.7. The van der Waals surface area contributed by atoms with Crippen LogP contribution < -0.4 is 10.7 Å². The standard InChI is InChI=1S/C20H23N5OS2/c1-11-22-10-16-14-8-15(12-4-3-7-21-9-12)23-19-17(14)18(24-25(11)16)20(27-19)28(26)13-5-2-6-13/h3-4,7,9-10,13-15,17,19,23-24H,2,5-6,8H2,1H3. The minimum absolute atomic E-state index is 0.231. The molecule has 6 rings (SSSR count). The zero-order valence-electron chi connectivity index (χ0n) is 15.7. The maximum absolute atomic E-state index is 13.3. The van der Waals surface area contributed by atoms with Crippen molar-refractivity contribution in [1.82, 2.24) is 20.0 Å². The molecule has 146 valence electrons. The Hall–Kier alpha value is -1.64. The van der Waals surface area contributed by atoms with Crippen LogP contribution in [0.2, 0.25) is 0 Å². The number of pyridine rings is 1. The van der Waals surface area contributed by atoms with Gasteiger partial charge < -0.3 is 0 Å². The van der Waals surface area contributed by atoms with Gasteiger partial charge in [0.2, 0.25) is 0 Å². The molecule has 2 fully saturated rings. The summed E-state index contributed by atoms with van der Waals surface area (Å²) in [5, 5.41) is 4.39. The largest absolute Gasteiger partial charge is 0.297 e. The highest BCUT2D eigenvalue weighted by atomic mass is 32.2. The second-order valence-electron chi connectivity index (χ2n) is 8.14. The summed E-state index contributed by atoms with van der Waals surface area (Å²) in [6, 6.07) is 4.39. The first kappa shape index (κ1) is 17.2. The van der Waals surface area contributed by atoms with Crippen molar-refractivity contribution >= 4 is 22.6 Å². The molecule has 2 aromatic heterocycles. The number of aromatic nitrogens is 3. The molecular formula is C20H23N5OS2. The normalized spacial score (nSPS) is 32.3. The van der Waals surface area contributed by atoms with E-state index in [0.717, 1.165) is 35.0 Å². The van der Waals surface area contributed by atoms with Crippen LogP contribution in [0, 0.1) is 12.8 Å². The highest BCUT2D eigenvalue weighted by Gasteiger charge is 2.51. The molecule has 1 saturated heterocycles. The summed E-state index contributed by atoms with van der Waals surface area (Å²) in [6.45, 7) is 2.03. The Kier molecular flexibility index (Phi) is 3.96. The number of rotatable bonds is 3. The second-order valence-corrected chi connectivity index (χ2v) is 11.2. The molecule has 2 aromatic rings. The van der Waals surface area contributed by atoms with E-state index in [0.29, 0.717) is 17.1 Å². The lowest BCUT2D eigenvalue weighted by atomic mass is 9.77. The third-order valence-corrected chi connectivity index (χ3v) is 10.2. The van der Waals surface area contributed by atoms with Gasteiger partial charge in [0.15, 0.2) is 0 Å². The zero-order chi connectivity index (χ0) is 18.8. The monoisotopic (exact) mass is 413 g/mol. The molecule has 8 heteroatoms. The summed E-state index contributed by atoms with van der Waals surface area (Å²) >= 11 is 1.79. The van der Waals surface area contributed by atoms with Crippen LogP contribution in [-0.2, 0) is 10.8 Å². The Bertz CT molecular complexity index is 984. The van der Waals surface area contributed by atoms with Crippen LogP contribution in [0.25, 0.3) is 0 Å². The van der Waals surface area contributed by atoms with Crippen molar-refractivity contribution in [2.24, 2.45) is 5.92 Å². The summed E-state index contributed by atoms with van der Waals surface area (Å²) in [5.74, 6) is 1.64. The van der Waals surface area contributed by atoms with Crippen LogP contribution in [0.5, 0.6) is 0 Å². The number of aryl methyl sites for hydroxylation is 1. The minimum Gasteiger partial charge on any atom is -0.297 e. The maximum Gasteiger partial charge on any atom is 0.124 e. The van der Waals surface area contributed by atoms with E-state index in [2.05, 4.69) is 31.5 Å². The van der Waals surface area contributed by atoms with Gasteiger partial charge in [0.1, 0.15) is 5.82 Å². The topological polar surface area (TPSA) is 71.8 Å². The number of nitrogens with zero attached hydrogens (tertiary/aromatic N) is 3. The maximum atomic E-state index is 13.3. The van der Waals surface area contributed by atoms with E-state index in [9.17, 15) is 4.21 Å². The van der Waals surface area contributed by atoms with E-state index in [-0.39, 0.29) is 11.4 Å². The third-order valence-electron chi connectivity index (χ3n) is 6.60. The second kappa shape index (κ2) is 6.43. The van der Waals surface area contributed by atoms with E-state index in [1.165, 1.54) is 17.7 Å². The number of imidazole rings is 1. The van der Waals surface area contributed by atoms with Crippen molar-refractivity contribution in [3.8, 4) is 0 Å². The molecule has 5 unspecified atom stereocenters. The number of hydrogen-bond donors (Lipinski definition) is 2. The molecule has 0 amide bonds. The minimum atomic E-state index is -0.914. The number of piperidine rings is 1. The van der Waals surface area contributed by atoms with Gasteiger partial charge in [-0.05, 0) is 37.8 Å². The lowest BCUT2D eigenvalue weighted by molar-refractivity contribution is 0.265. The number of thioether (sulfide) groups is 1. The van der Waals surface area contributed by atoms with Crippen molar-refractivity contribution in [2.45, 2.75) is 55.2 Å². The van der Waals surface area contributed by atoms with Crippen molar-refractivity contribution in [1.29, 1.82) is 0 Å². The number of nitrogens with one attached hydrogen (secondary N) is 2. The number of fused-ring (bicyclic) bond motifs is 2. The molecule has 5 heterocycles. The average Bonchev–Trinajstić information content (AvgIpc) is 3.23. The Balaban J connectivity index is 1.43. The fourth-order valence-electron chi connectivity index (χ4n) is 4.88. The van der Waals surface area contributed by atoms with E-state index >= 15 is 0 Å². The molecule has 0 radical (unpaired) electrons. The molecule has 6 nitrogen and oxygen atoms in total. The van der Waals surface area contributed by atoms with Gasteiger partial charge in [-0.25, -0.2) is 9.66 Å². The van der Waals surface area contributed by atoms with Crippen LogP contribution in [-0.4, -0.2) is 29.5 Å². The van der Waals surface area contributed by atoms with Gasteiger partial charge in [-0.1, -0.05) is 24.2 Å². The Morgan fingerprint density at radius 3 is 2.96 bits per heavy atom. The quantitative estimate of drug-likeness (QED) is 0.806. The van der Waals surface area contributed by atoms with Gasteiger partial charge in [0.05, 0.1) is 38.0 Å². The summed E-state index contributed by atoms with van der Waals surface area (Å²) in [4.78, 5) is 8.89. The van der Waals surface area contributed by atoms with Crippen LogP contribution >= 0.6 is 11.8 Å². The van der Waals surface area contributed by atoms with Crippen molar-refractivity contribution in [3.05, 3.63) is 57.7 Å². The molecule has 0 bridgehead atoms. The van der Waals surface area contributed by atoms with E-state index < -0.39 is 10.8 Å². The predicted octanol–water partition coefficient (Wildman–Crippen LogP) is 3.12. The van der Waals surface area contributed by atoms with Gasteiger partial charge in [0.25, 0.3) is 0 Å². The Morgan fingerprint density at radius 2 is 2.21 bits per heavy atom. The van der Waals surface area contributed by atoms with E-state index in [1.54, 1.807) is 11.8 Å². The fourth-order valence-corrected chi connectivity index (χ4v) is 8.68. The molecule has 2 N–H and O–H groups in total. The lowest BCUT2D eigenvalue weighted by Gasteiger charge is -2.43. The molecule has 0 spiro atoms. The van der Waals surface area contributed by atoms with Crippen LogP contribution in [0.1, 0.15) is 54.7 Å². The summed E-state index contributed by atoms with van der Waals surface area (Å²) in [6.07, 6.45) is 10.2. The predicted molar refractivity (Wildman–Crippen MR) is 111 cm³/mol. The molecular weight excluding hydrogens is 390 g/mol. The Morgan fingerprint density at radius 1 is 1.32 bits per heavy atom. The van der Waals surface area contributed by atoms with Crippen molar-refractivity contribution < 1.29 is 4.21 Å². The van der Waals surface area contributed by atoms with Gasteiger partial charge in [-0.2, -0.15) is 0 Å². The smallest absolute Gasteiger partial charge is 0.124 e. The van der Waals surface area contributed by atoms with E-state index in [1.807, 2.05) is 31.6 Å². The molecule has 0 aromatic carbocycles. The van der Waals surface area contributed by atoms with Crippen molar-refractivity contribution in [2.75, 3.05) is 5.43 Å². The fraction of sp³-hybridized carbons (Fsp3) is 0.500. The SMILES string of the molecule is Cc1ncc2n1NC1=C(S(=O)C3CCC3)SC3NC(c4cccnc4)CC2C13. The van der Waals surface area contributed by atoms with Gasteiger partial charge in [-0.3, -0.25) is 19.9 Å². The zero-order valence-corrected chi connectivity index (χ0v) is 17.3. The highest BCUT2D eigenvalue weighted by Crippen LogP contribution is 2.56. The van der Waals surface area contributed by atoms with Gasteiger partial charge in [-0.15, -0.1) is 0 Å². The molecule has 1 aliphatic carbocycles. The van der Waals surface area contributed by atoms with Crippen molar-refractivity contribution in [3.63, 3.8) is 0 Å². The molecule has 3 aliphatic heterocycles. The first-order valence-electron chi connectivity index (χ1n) is 9.99. The highest BCUT2D eigenvalue weighted by molar-refractivity contribution is 8.17. The molecule has 1 saturated carbocycles. The number of hydrogen-bond acceptors (Lipinski definition) is 6. The van der Waals surface area contributed by atoms with Gasteiger partial charge in [0, 0.05) is 35.5 Å². The first-order valence-corrected chi connectivity index (χ1v) is 12.1. The molecule has 5 atom stereocenters. The summed E-state index contributed by atoms with van der Waals surface area (Å²) in [7, 11) is -0.914. The summed E-state index contributed by atoms with van der Waals surface area (Å²) < 4.78 is 16.5. The third kappa shape index (κ3) is 2.47. The van der Waals surface area contributed by atoms with Gasteiger partial charge >= 0.3 is 0 Å². The molecule has 28 heavy (non-hydrogen) atoms. The molecule has 4 aliphatic rings. The average molecular weight is 414 g/mol.